The van der Waals surface area contributed by atoms with Crippen molar-refractivity contribution in [3.05, 3.63) is 46.4 Å². The lowest BCUT2D eigenvalue weighted by Gasteiger charge is -2.24. The molecule has 3 aromatic rings. The van der Waals surface area contributed by atoms with E-state index in [2.05, 4.69) is 15.5 Å². The molecule has 34 heavy (non-hydrogen) atoms. The van der Waals surface area contributed by atoms with Crippen molar-refractivity contribution < 1.29 is 26.8 Å². The van der Waals surface area contributed by atoms with Crippen molar-refractivity contribution in [2.45, 2.75) is 82.7 Å². The third-order valence-electron chi connectivity index (χ3n) is 7.28. The van der Waals surface area contributed by atoms with Crippen LogP contribution in [0.5, 0.6) is 0 Å². The summed E-state index contributed by atoms with van der Waals surface area (Å²) in [6, 6.07) is 2.92. The van der Waals surface area contributed by atoms with E-state index in [-0.39, 0.29) is 22.7 Å². The summed E-state index contributed by atoms with van der Waals surface area (Å²) in [6.07, 6.45) is 2.82. The van der Waals surface area contributed by atoms with Gasteiger partial charge in [0, 0.05) is 29.8 Å². The molecule has 1 aromatic carbocycles. The molecule has 0 aliphatic heterocycles. The van der Waals surface area contributed by atoms with E-state index in [0.717, 1.165) is 44.9 Å². The predicted molar refractivity (Wildman–Crippen MR) is 119 cm³/mol. The van der Waals surface area contributed by atoms with E-state index >= 15 is 0 Å². The van der Waals surface area contributed by atoms with Gasteiger partial charge in [-0.15, -0.1) is 10.2 Å². The van der Waals surface area contributed by atoms with Crippen LogP contribution >= 0.6 is 0 Å². The van der Waals surface area contributed by atoms with Gasteiger partial charge in [0.25, 0.3) is 5.91 Å². The third-order valence-corrected chi connectivity index (χ3v) is 7.28. The number of nitrogens with one attached hydrogen (secondary N) is 1. The molecule has 9 heteroatoms. The lowest BCUT2D eigenvalue weighted by molar-refractivity contribution is -0.136. The molecule has 1 N–H and O–H groups in total. The van der Waals surface area contributed by atoms with Crippen LogP contribution in [-0.2, 0) is 11.6 Å². The number of fused-ring (bicyclic) bond motifs is 1. The fourth-order valence-corrected chi connectivity index (χ4v) is 5.26. The number of nitrogens with zero attached hydrogens (tertiary/aromatic N) is 2. The summed E-state index contributed by atoms with van der Waals surface area (Å²) in [7, 11) is 0. The minimum Gasteiger partial charge on any atom is -0.450 e. The molecule has 0 atom stereocenters. The SMILES string of the molecule is Cc1nnc(C2(CCCNC(=O)c3oc4c(C(F)(F)F)cc(C5CC5)cc4c3C)CCCC2)o1. The predicted octanol–water partition coefficient (Wildman–Crippen LogP) is 6.35. The van der Waals surface area contributed by atoms with Gasteiger partial charge < -0.3 is 14.2 Å². The molecular weight excluding hydrogens is 447 g/mol. The zero-order valence-corrected chi connectivity index (χ0v) is 19.3. The lowest BCUT2D eigenvalue weighted by atomic mass is 9.81. The first-order valence-corrected chi connectivity index (χ1v) is 11.9. The van der Waals surface area contributed by atoms with Crippen LogP contribution < -0.4 is 5.32 Å². The second-order valence-electron chi connectivity index (χ2n) is 9.75. The monoisotopic (exact) mass is 475 g/mol. The summed E-state index contributed by atoms with van der Waals surface area (Å²) >= 11 is 0. The molecule has 2 saturated carbocycles. The Morgan fingerprint density at radius 2 is 1.88 bits per heavy atom. The largest absolute Gasteiger partial charge is 0.450 e. The number of halogens is 3. The Kier molecular flexibility index (Phi) is 5.68. The van der Waals surface area contributed by atoms with Crippen LogP contribution in [0.2, 0.25) is 0 Å². The molecule has 0 saturated heterocycles. The smallest absolute Gasteiger partial charge is 0.420 e. The van der Waals surface area contributed by atoms with Crippen molar-refractivity contribution in [2.24, 2.45) is 0 Å². The van der Waals surface area contributed by atoms with E-state index in [9.17, 15) is 18.0 Å². The van der Waals surface area contributed by atoms with Crippen LogP contribution in [0.25, 0.3) is 11.0 Å². The minimum atomic E-state index is -4.55. The van der Waals surface area contributed by atoms with Crippen LogP contribution in [0.3, 0.4) is 0 Å². The maximum Gasteiger partial charge on any atom is 0.420 e. The summed E-state index contributed by atoms with van der Waals surface area (Å²) in [6.45, 7) is 3.79. The van der Waals surface area contributed by atoms with Crippen molar-refractivity contribution in [2.75, 3.05) is 6.54 Å². The summed E-state index contributed by atoms with van der Waals surface area (Å²) in [5, 5.41) is 11.4. The van der Waals surface area contributed by atoms with Gasteiger partial charge in [0.2, 0.25) is 11.8 Å². The van der Waals surface area contributed by atoms with Crippen LogP contribution in [0, 0.1) is 13.8 Å². The molecule has 0 radical (unpaired) electrons. The van der Waals surface area contributed by atoms with E-state index in [0.29, 0.717) is 41.3 Å². The Morgan fingerprint density at radius 3 is 2.50 bits per heavy atom. The van der Waals surface area contributed by atoms with Crippen molar-refractivity contribution >= 4 is 16.9 Å². The average Bonchev–Trinajstić information content (AvgIpc) is 3.20. The quantitative estimate of drug-likeness (QED) is 0.403. The zero-order valence-electron chi connectivity index (χ0n) is 19.3. The highest BCUT2D eigenvalue weighted by Crippen LogP contribution is 2.46. The Morgan fingerprint density at radius 1 is 1.15 bits per heavy atom. The summed E-state index contributed by atoms with van der Waals surface area (Å²) in [5.74, 6) is 0.800. The molecule has 6 nitrogen and oxygen atoms in total. The zero-order chi connectivity index (χ0) is 24.1. The van der Waals surface area contributed by atoms with E-state index in [1.165, 1.54) is 6.07 Å². The van der Waals surface area contributed by atoms with Crippen LogP contribution in [0.15, 0.2) is 21.0 Å². The van der Waals surface area contributed by atoms with E-state index in [4.69, 9.17) is 8.83 Å². The van der Waals surface area contributed by atoms with Gasteiger partial charge in [-0.3, -0.25) is 4.79 Å². The summed E-state index contributed by atoms with van der Waals surface area (Å²) in [5.41, 5.74) is -0.145. The minimum absolute atomic E-state index is 0.0587. The van der Waals surface area contributed by atoms with Crippen LogP contribution in [-0.4, -0.2) is 22.6 Å². The van der Waals surface area contributed by atoms with Crippen LogP contribution in [0.1, 0.15) is 96.3 Å². The molecule has 0 unspecified atom stereocenters. The molecule has 1 amide bonds. The van der Waals surface area contributed by atoms with Gasteiger partial charge in [-0.1, -0.05) is 12.8 Å². The van der Waals surface area contributed by atoms with Gasteiger partial charge in [-0.2, -0.15) is 13.2 Å². The maximum atomic E-state index is 13.7. The average molecular weight is 476 g/mol. The highest BCUT2D eigenvalue weighted by atomic mass is 19.4. The van der Waals surface area contributed by atoms with Gasteiger partial charge in [0.1, 0.15) is 5.58 Å². The maximum absolute atomic E-state index is 13.7. The van der Waals surface area contributed by atoms with Gasteiger partial charge in [-0.25, -0.2) is 0 Å². The van der Waals surface area contributed by atoms with Crippen molar-refractivity contribution in [3.8, 4) is 0 Å². The number of benzene rings is 1. The number of hydrogen-bond donors (Lipinski definition) is 1. The Balaban J connectivity index is 1.30. The van der Waals surface area contributed by atoms with Gasteiger partial charge >= 0.3 is 6.18 Å². The molecule has 2 aliphatic rings. The fraction of sp³-hybridized carbons (Fsp3) is 0.560. The molecule has 182 valence electrons. The number of furan rings is 1. The first-order valence-electron chi connectivity index (χ1n) is 11.9. The lowest BCUT2D eigenvalue weighted by Crippen LogP contribution is -2.28. The highest BCUT2D eigenvalue weighted by Gasteiger charge is 2.40. The summed E-state index contributed by atoms with van der Waals surface area (Å²) in [4.78, 5) is 12.8. The van der Waals surface area contributed by atoms with Gasteiger partial charge in [-0.05, 0) is 69.1 Å². The molecule has 5 rings (SSSR count). The van der Waals surface area contributed by atoms with E-state index < -0.39 is 17.6 Å². The van der Waals surface area contributed by atoms with Crippen molar-refractivity contribution in [1.29, 1.82) is 0 Å². The first-order chi connectivity index (χ1) is 16.2. The second-order valence-corrected chi connectivity index (χ2v) is 9.75. The Labute approximate surface area is 195 Å². The summed E-state index contributed by atoms with van der Waals surface area (Å²) < 4.78 is 52.4. The standard InChI is InChI=1S/C25H28F3N3O3/c1-14-18-12-17(16-6-7-16)13-19(25(26,27)28)21(18)34-20(14)22(32)29-11-5-10-24(8-3-4-9-24)23-31-30-15(2)33-23/h12-13,16H,3-11H2,1-2H3,(H,29,32). The number of carbonyl (C=O) groups excluding carboxylic acids is 1. The molecule has 2 aliphatic carbocycles. The molecule has 2 aromatic heterocycles. The number of aromatic nitrogens is 2. The molecule has 0 bridgehead atoms. The van der Waals surface area contributed by atoms with E-state index in [1.807, 2.05) is 0 Å². The Bertz CT molecular complexity index is 1220. The number of hydrogen-bond acceptors (Lipinski definition) is 5. The van der Waals surface area contributed by atoms with Gasteiger partial charge in [0.15, 0.2) is 5.76 Å². The first kappa shape index (κ1) is 22.9. The third kappa shape index (κ3) is 4.20. The fourth-order valence-electron chi connectivity index (χ4n) is 5.26. The molecular formula is C25H28F3N3O3. The number of rotatable bonds is 7. The van der Waals surface area contributed by atoms with Gasteiger partial charge in [0.05, 0.1) is 5.56 Å². The normalized spacial score (nSPS) is 18.0. The topological polar surface area (TPSA) is 81.2 Å². The second kappa shape index (κ2) is 8.43. The number of amides is 1. The van der Waals surface area contributed by atoms with Crippen LogP contribution in [0.4, 0.5) is 13.2 Å². The van der Waals surface area contributed by atoms with Crippen molar-refractivity contribution in [1.82, 2.24) is 15.5 Å². The number of carbonyl (C=O) groups is 1. The molecule has 2 fully saturated rings. The molecule has 0 spiro atoms. The van der Waals surface area contributed by atoms with Crippen molar-refractivity contribution in [3.63, 3.8) is 0 Å². The Hall–Kier alpha value is -2.84. The number of aryl methyl sites for hydroxylation is 2. The number of alkyl halides is 3. The highest BCUT2D eigenvalue weighted by molar-refractivity contribution is 5.99. The molecule has 2 heterocycles. The van der Waals surface area contributed by atoms with E-state index in [1.54, 1.807) is 19.9 Å².